The number of carbonyl (C=O) groups excluding carboxylic acids is 1. The summed E-state index contributed by atoms with van der Waals surface area (Å²) in [5, 5.41) is 19.7. The van der Waals surface area contributed by atoms with Gasteiger partial charge in [0.25, 0.3) is 0 Å². The summed E-state index contributed by atoms with van der Waals surface area (Å²) in [5.41, 5.74) is -0.696. The molecule has 0 radical (unpaired) electrons. The standard InChI is InChI=1S/C16H14ClF2N5O.C10H7F2N3O.C6H6BrClN2/c1-10(14-5-15(17)22-8-21-14)16(25,6-24-9-20-7-23-24)12-3-2-11(18)4-13(12)19;11-7-1-2-8(9(12)3-7)10(16)4-15-6-13-5-14-15;1-4(7)5-2-6(8)10-3-9-5/h2-5,7-10,25H,6H2,1H3;1-3,5-6H,4H2;2-4H,1H3. The Balaban J connectivity index is 0.000000191. The zero-order chi connectivity index (χ0) is 37.1. The van der Waals surface area contributed by atoms with Gasteiger partial charge in [0.05, 0.1) is 28.3 Å². The molecule has 1 N–H and O–H groups in total. The van der Waals surface area contributed by atoms with E-state index in [1.165, 1.54) is 59.5 Å². The van der Waals surface area contributed by atoms with Crippen LogP contribution in [0, 0.1) is 23.3 Å². The Kier molecular flexibility index (Phi) is 13.8. The molecule has 266 valence electrons. The topological polar surface area (TPSA) is 150 Å². The average Bonchev–Trinajstić information content (AvgIpc) is 3.79. The molecule has 0 bridgehead atoms. The molecule has 2 aromatic carbocycles. The molecule has 0 amide bonds. The molecule has 0 aliphatic rings. The maximum atomic E-state index is 14.4. The van der Waals surface area contributed by atoms with Crippen molar-refractivity contribution >= 4 is 44.9 Å². The third kappa shape index (κ3) is 10.9. The molecule has 0 aliphatic heterocycles. The van der Waals surface area contributed by atoms with Gasteiger partial charge in [-0.15, -0.1) is 0 Å². The fraction of sp³-hybridized carbons (Fsp3) is 0.219. The van der Waals surface area contributed by atoms with E-state index < -0.39 is 40.6 Å². The number of hydrogen-bond donors (Lipinski definition) is 1. The molecule has 4 heterocycles. The highest BCUT2D eigenvalue weighted by atomic mass is 79.9. The van der Waals surface area contributed by atoms with Gasteiger partial charge in [-0.05, 0) is 37.3 Å². The first-order valence-corrected chi connectivity index (χ1v) is 16.3. The number of nitrogens with zero attached hydrogens (tertiary/aromatic N) is 10. The maximum Gasteiger partial charge on any atom is 0.187 e. The lowest BCUT2D eigenvalue weighted by Gasteiger charge is -2.34. The number of ketones is 1. The molecule has 0 aliphatic carbocycles. The highest BCUT2D eigenvalue weighted by molar-refractivity contribution is 9.09. The molecular formula is C32H27BrCl2F4N10O2. The van der Waals surface area contributed by atoms with E-state index in [4.69, 9.17) is 23.2 Å². The highest BCUT2D eigenvalue weighted by Gasteiger charge is 2.40. The Morgan fingerprint density at radius 1 is 0.784 bits per heavy atom. The van der Waals surface area contributed by atoms with Gasteiger partial charge in [-0.1, -0.05) is 52.1 Å². The van der Waals surface area contributed by atoms with Crippen molar-refractivity contribution in [3.63, 3.8) is 0 Å². The molecule has 0 fully saturated rings. The summed E-state index contributed by atoms with van der Waals surface area (Å²) in [6, 6.07) is 9.07. The van der Waals surface area contributed by atoms with Crippen LogP contribution in [0.5, 0.6) is 0 Å². The number of Topliss-reactive ketones (excluding diaryl/α,β-unsaturated/α-hetero) is 1. The molecule has 0 saturated carbocycles. The molecule has 3 unspecified atom stereocenters. The van der Waals surface area contributed by atoms with Crippen LogP contribution in [0.4, 0.5) is 17.6 Å². The summed E-state index contributed by atoms with van der Waals surface area (Å²) in [7, 11) is 0. The second-order valence-electron chi connectivity index (χ2n) is 10.7. The molecular weight excluding hydrogens is 783 g/mol. The zero-order valence-corrected chi connectivity index (χ0v) is 29.7. The van der Waals surface area contributed by atoms with Gasteiger partial charge in [0.15, 0.2) is 5.78 Å². The smallest absolute Gasteiger partial charge is 0.187 e. The summed E-state index contributed by atoms with van der Waals surface area (Å²) in [6.07, 6.45) is 8.02. The Bertz CT molecular complexity index is 2050. The minimum absolute atomic E-state index is 0.0772. The summed E-state index contributed by atoms with van der Waals surface area (Å²) < 4.78 is 56.2. The first kappa shape index (κ1) is 39.1. The summed E-state index contributed by atoms with van der Waals surface area (Å²) in [5.74, 6) is -4.36. The van der Waals surface area contributed by atoms with E-state index in [2.05, 4.69) is 56.0 Å². The predicted octanol–water partition coefficient (Wildman–Crippen LogP) is 6.72. The van der Waals surface area contributed by atoms with Crippen LogP contribution in [0.1, 0.15) is 51.9 Å². The van der Waals surface area contributed by atoms with Gasteiger partial charge < -0.3 is 5.11 Å². The fourth-order valence-electron chi connectivity index (χ4n) is 4.51. The van der Waals surface area contributed by atoms with E-state index in [9.17, 15) is 27.5 Å². The number of alkyl halides is 1. The van der Waals surface area contributed by atoms with E-state index in [1.807, 2.05) is 6.92 Å². The Labute approximate surface area is 306 Å². The number of rotatable bonds is 9. The minimum atomic E-state index is -1.77. The first-order valence-electron chi connectivity index (χ1n) is 14.7. The van der Waals surface area contributed by atoms with Crippen LogP contribution >= 0.6 is 39.1 Å². The van der Waals surface area contributed by atoms with Crippen molar-refractivity contribution < 1.29 is 27.5 Å². The molecule has 6 rings (SSSR count). The van der Waals surface area contributed by atoms with Crippen molar-refractivity contribution in [3.8, 4) is 0 Å². The van der Waals surface area contributed by atoms with Crippen molar-refractivity contribution in [2.45, 2.75) is 43.3 Å². The molecule has 4 aromatic heterocycles. The molecule has 3 atom stereocenters. The van der Waals surface area contributed by atoms with Crippen LogP contribution in [-0.4, -0.2) is 60.4 Å². The van der Waals surface area contributed by atoms with Gasteiger partial charge in [-0.3, -0.25) is 4.79 Å². The summed E-state index contributed by atoms with van der Waals surface area (Å²) in [6.45, 7) is 3.41. The third-order valence-corrected chi connectivity index (χ3v) is 8.03. The van der Waals surface area contributed by atoms with Gasteiger partial charge in [0, 0.05) is 23.6 Å². The Morgan fingerprint density at radius 3 is 1.84 bits per heavy atom. The second-order valence-corrected chi connectivity index (χ2v) is 12.8. The Hall–Kier alpha value is -4.71. The molecule has 51 heavy (non-hydrogen) atoms. The normalized spacial score (nSPS) is 13.1. The van der Waals surface area contributed by atoms with Crippen molar-refractivity contribution in [3.05, 3.63) is 143 Å². The lowest BCUT2D eigenvalue weighted by molar-refractivity contribution is -0.0123. The van der Waals surface area contributed by atoms with Crippen LogP contribution in [-0.2, 0) is 18.7 Å². The minimum Gasteiger partial charge on any atom is -0.382 e. The third-order valence-electron chi connectivity index (χ3n) is 7.15. The van der Waals surface area contributed by atoms with Gasteiger partial charge in [-0.2, -0.15) is 10.2 Å². The largest absolute Gasteiger partial charge is 0.382 e. The average molecular weight is 810 g/mol. The molecule has 12 nitrogen and oxygen atoms in total. The van der Waals surface area contributed by atoms with Gasteiger partial charge in [-0.25, -0.2) is 56.8 Å². The van der Waals surface area contributed by atoms with E-state index in [0.717, 1.165) is 30.0 Å². The summed E-state index contributed by atoms with van der Waals surface area (Å²) in [4.78, 5) is 35.0. The lowest BCUT2D eigenvalue weighted by atomic mass is 9.80. The van der Waals surface area contributed by atoms with Crippen LogP contribution in [0.3, 0.4) is 0 Å². The molecule has 0 saturated heterocycles. The monoisotopic (exact) mass is 808 g/mol. The van der Waals surface area contributed by atoms with Gasteiger partial charge in [0.1, 0.15) is 83.7 Å². The van der Waals surface area contributed by atoms with E-state index in [-0.39, 0.29) is 34.2 Å². The molecule has 6 aromatic rings. The van der Waals surface area contributed by atoms with Crippen molar-refractivity contribution in [1.82, 2.24) is 49.5 Å². The van der Waals surface area contributed by atoms with Crippen molar-refractivity contribution in [2.75, 3.05) is 0 Å². The van der Waals surface area contributed by atoms with Gasteiger partial charge >= 0.3 is 0 Å². The number of carbonyl (C=O) groups is 1. The van der Waals surface area contributed by atoms with Crippen molar-refractivity contribution in [1.29, 1.82) is 0 Å². The number of aromatic nitrogens is 10. The number of hydrogen-bond acceptors (Lipinski definition) is 10. The quantitative estimate of drug-likeness (QED) is 0.0722. The lowest BCUT2D eigenvalue weighted by Crippen LogP contribution is -2.38. The van der Waals surface area contributed by atoms with Crippen LogP contribution in [0.15, 0.2) is 86.5 Å². The number of benzene rings is 2. The van der Waals surface area contributed by atoms with Crippen molar-refractivity contribution in [2.24, 2.45) is 0 Å². The van der Waals surface area contributed by atoms with Crippen LogP contribution in [0.25, 0.3) is 0 Å². The zero-order valence-electron chi connectivity index (χ0n) is 26.6. The van der Waals surface area contributed by atoms with E-state index in [1.54, 1.807) is 13.0 Å². The Morgan fingerprint density at radius 2 is 1.33 bits per heavy atom. The van der Waals surface area contributed by atoms with Crippen LogP contribution in [0.2, 0.25) is 10.3 Å². The highest BCUT2D eigenvalue weighted by Crippen LogP contribution is 2.39. The SMILES string of the molecule is CC(Br)c1cc(Cl)ncn1.CC(c1cc(Cl)ncn1)C(O)(Cn1cncn1)c1ccc(F)cc1F.O=C(Cn1cncn1)c1ccc(F)cc1F. The second kappa shape index (κ2) is 18.0. The molecule has 19 heteroatoms. The van der Waals surface area contributed by atoms with Gasteiger partial charge in [0.2, 0.25) is 0 Å². The maximum absolute atomic E-state index is 14.4. The first-order chi connectivity index (χ1) is 24.3. The number of halogens is 7. The number of aliphatic hydroxyl groups is 1. The predicted molar refractivity (Wildman–Crippen MR) is 181 cm³/mol. The fourth-order valence-corrected chi connectivity index (χ4v) is 5.07. The van der Waals surface area contributed by atoms with Crippen LogP contribution < -0.4 is 0 Å². The molecule has 0 spiro atoms. The van der Waals surface area contributed by atoms with E-state index in [0.29, 0.717) is 16.9 Å². The van der Waals surface area contributed by atoms with E-state index >= 15 is 0 Å². The summed E-state index contributed by atoms with van der Waals surface area (Å²) >= 11 is 14.9.